The Labute approximate surface area is 103 Å². The maximum Gasteiger partial charge on any atom is 0.404 e. The average molecular weight is 247 g/mol. The first-order chi connectivity index (χ1) is 8.65. The highest BCUT2D eigenvalue weighted by Crippen LogP contribution is 2.14. The molecule has 0 fully saturated rings. The van der Waals surface area contributed by atoms with Crippen molar-refractivity contribution in [3.63, 3.8) is 0 Å². The molecule has 0 saturated carbocycles. The third-order valence-electron chi connectivity index (χ3n) is 2.41. The van der Waals surface area contributed by atoms with Crippen molar-refractivity contribution in [2.45, 2.75) is 6.42 Å². The molecule has 2 rings (SSSR count). The van der Waals surface area contributed by atoms with Crippen LogP contribution in [0.3, 0.4) is 0 Å². The van der Waals surface area contributed by atoms with Crippen molar-refractivity contribution in [2.75, 3.05) is 6.54 Å². The number of hydrogen-bond donors (Lipinski definition) is 2. The maximum atomic E-state index is 10.3. The van der Waals surface area contributed by atoms with Crippen LogP contribution in [0.25, 0.3) is 11.4 Å². The van der Waals surface area contributed by atoms with E-state index in [1.807, 2.05) is 24.3 Å². The number of tetrazole rings is 1. The SMILES string of the molecule is Cn1nnc(-c2ccc(CCNC(=O)O)cc2)n1. The maximum absolute atomic E-state index is 10.3. The van der Waals surface area contributed by atoms with Gasteiger partial charge < -0.3 is 10.4 Å². The minimum atomic E-state index is -1.00. The lowest BCUT2D eigenvalue weighted by atomic mass is 10.1. The van der Waals surface area contributed by atoms with Crippen LogP contribution in [0, 0.1) is 0 Å². The summed E-state index contributed by atoms with van der Waals surface area (Å²) in [6, 6.07) is 7.64. The van der Waals surface area contributed by atoms with Gasteiger partial charge in [-0.3, -0.25) is 0 Å². The number of amides is 1. The van der Waals surface area contributed by atoms with Crippen molar-refractivity contribution >= 4 is 6.09 Å². The topological polar surface area (TPSA) is 92.9 Å². The summed E-state index contributed by atoms with van der Waals surface area (Å²) < 4.78 is 0. The molecule has 0 saturated heterocycles. The lowest BCUT2D eigenvalue weighted by molar-refractivity contribution is 0.194. The second-order valence-corrected chi connectivity index (χ2v) is 3.78. The number of aromatic nitrogens is 4. The predicted molar refractivity (Wildman–Crippen MR) is 64.0 cm³/mol. The Hall–Kier alpha value is -2.44. The Morgan fingerprint density at radius 3 is 2.67 bits per heavy atom. The second kappa shape index (κ2) is 5.26. The van der Waals surface area contributed by atoms with Crippen LogP contribution >= 0.6 is 0 Å². The Kier molecular flexibility index (Phi) is 3.52. The van der Waals surface area contributed by atoms with Gasteiger partial charge in [0.1, 0.15) is 0 Å². The first-order valence-electron chi connectivity index (χ1n) is 5.45. The average Bonchev–Trinajstić information content (AvgIpc) is 2.76. The molecule has 2 N–H and O–H groups in total. The minimum Gasteiger partial charge on any atom is -0.465 e. The smallest absolute Gasteiger partial charge is 0.404 e. The normalized spacial score (nSPS) is 10.3. The molecule has 0 atom stereocenters. The lowest BCUT2D eigenvalue weighted by Crippen LogP contribution is -2.23. The van der Waals surface area contributed by atoms with E-state index in [1.54, 1.807) is 7.05 Å². The van der Waals surface area contributed by atoms with E-state index < -0.39 is 6.09 Å². The van der Waals surface area contributed by atoms with E-state index in [0.717, 1.165) is 11.1 Å². The third kappa shape index (κ3) is 3.03. The van der Waals surface area contributed by atoms with Gasteiger partial charge in [-0.25, -0.2) is 4.79 Å². The van der Waals surface area contributed by atoms with E-state index in [1.165, 1.54) is 4.80 Å². The van der Waals surface area contributed by atoms with Gasteiger partial charge in [0.25, 0.3) is 0 Å². The molecule has 1 amide bonds. The standard InChI is InChI=1S/C11H13N5O2/c1-16-14-10(13-15-16)9-4-2-8(3-5-9)6-7-12-11(17)18/h2-5,12H,6-7H2,1H3,(H,17,18). The summed E-state index contributed by atoms with van der Waals surface area (Å²) in [7, 11) is 1.71. The summed E-state index contributed by atoms with van der Waals surface area (Å²) in [5, 5.41) is 22.5. The van der Waals surface area contributed by atoms with Gasteiger partial charge in [0, 0.05) is 12.1 Å². The predicted octanol–water partition coefficient (Wildman–Crippen LogP) is 0.687. The first kappa shape index (κ1) is 12.0. The van der Waals surface area contributed by atoms with Crippen LogP contribution in [0.4, 0.5) is 4.79 Å². The molecule has 1 aromatic carbocycles. The van der Waals surface area contributed by atoms with E-state index in [-0.39, 0.29) is 0 Å². The Bertz CT molecular complexity index is 535. The highest BCUT2D eigenvalue weighted by molar-refractivity contribution is 5.64. The Morgan fingerprint density at radius 2 is 2.11 bits per heavy atom. The van der Waals surface area contributed by atoms with Gasteiger partial charge in [-0.2, -0.15) is 4.80 Å². The number of benzene rings is 1. The summed E-state index contributed by atoms with van der Waals surface area (Å²) in [6.45, 7) is 0.401. The van der Waals surface area contributed by atoms with Gasteiger partial charge in [-0.15, -0.1) is 10.2 Å². The van der Waals surface area contributed by atoms with Crippen LogP contribution in [-0.2, 0) is 13.5 Å². The number of carboxylic acid groups (broad SMARTS) is 1. The third-order valence-corrected chi connectivity index (χ3v) is 2.41. The number of aryl methyl sites for hydroxylation is 1. The van der Waals surface area contributed by atoms with Gasteiger partial charge in [-0.1, -0.05) is 24.3 Å². The molecule has 0 spiro atoms. The largest absolute Gasteiger partial charge is 0.465 e. The monoisotopic (exact) mass is 247 g/mol. The fourth-order valence-electron chi connectivity index (χ4n) is 1.53. The molecule has 0 aliphatic rings. The van der Waals surface area contributed by atoms with Crippen molar-refractivity contribution in [1.82, 2.24) is 25.5 Å². The van der Waals surface area contributed by atoms with Gasteiger partial charge >= 0.3 is 6.09 Å². The van der Waals surface area contributed by atoms with Crippen molar-refractivity contribution in [2.24, 2.45) is 7.05 Å². The van der Waals surface area contributed by atoms with Crippen LogP contribution in [0.5, 0.6) is 0 Å². The summed E-state index contributed by atoms with van der Waals surface area (Å²) in [5.74, 6) is 0.577. The van der Waals surface area contributed by atoms with Crippen LogP contribution in [0.15, 0.2) is 24.3 Å². The van der Waals surface area contributed by atoms with Crippen molar-refractivity contribution in [1.29, 1.82) is 0 Å². The molecule has 0 unspecified atom stereocenters. The number of hydrogen-bond acceptors (Lipinski definition) is 4. The summed E-state index contributed by atoms with van der Waals surface area (Å²) in [5.41, 5.74) is 1.94. The van der Waals surface area contributed by atoms with E-state index in [9.17, 15) is 4.79 Å². The zero-order valence-electron chi connectivity index (χ0n) is 9.87. The fourth-order valence-corrected chi connectivity index (χ4v) is 1.53. The number of rotatable bonds is 4. The molecule has 0 aliphatic carbocycles. The van der Waals surface area contributed by atoms with Crippen molar-refractivity contribution in [3.8, 4) is 11.4 Å². The fraction of sp³-hybridized carbons (Fsp3) is 0.273. The molecule has 0 bridgehead atoms. The highest BCUT2D eigenvalue weighted by atomic mass is 16.4. The molecule has 18 heavy (non-hydrogen) atoms. The first-order valence-corrected chi connectivity index (χ1v) is 5.45. The molecular weight excluding hydrogens is 234 g/mol. The van der Waals surface area contributed by atoms with E-state index in [4.69, 9.17) is 5.11 Å². The second-order valence-electron chi connectivity index (χ2n) is 3.78. The van der Waals surface area contributed by atoms with Gasteiger partial charge in [-0.05, 0) is 17.2 Å². The summed E-state index contributed by atoms with van der Waals surface area (Å²) in [6.07, 6.45) is -0.351. The van der Waals surface area contributed by atoms with Gasteiger partial charge in [0.15, 0.2) is 0 Å². The summed E-state index contributed by atoms with van der Waals surface area (Å²) in [4.78, 5) is 11.7. The van der Waals surface area contributed by atoms with Crippen molar-refractivity contribution in [3.05, 3.63) is 29.8 Å². The van der Waals surface area contributed by atoms with Crippen LogP contribution in [0.2, 0.25) is 0 Å². The highest BCUT2D eigenvalue weighted by Gasteiger charge is 2.04. The molecule has 1 heterocycles. The molecule has 0 radical (unpaired) electrons. The van der Waals surface area contributed by atoms with Crippen LogP contribution in [-0.4, -0.2) is 38.0 Å². The van der Waals surface area contributed by atoms with E-state index in [2.05, 4.69) is 20.7 Å². The molecule has 7 nitrogen and oxygen atoms in total. The Balaban J connectivity index is 1.99. The lowest BCUT2D eigenvalue weighted by Gasteiger charge is -2.02. The molecule has 94 valence electrons. The molecule has 2 aromatic rings. The quantitative estimate of drug-likeness (QED) is 0.829. The zero-order valence-corrected chi connectivity index (χ0v) is 9.87. The number of carbonyl (C=O) groups is 1. The van der Waals surface area contributed by atoms with Crippen molar-refractivity contribution < 1.29 is 9.90 Å². The van der Waals surface area contributed by atoms with Crippen LogP contribution in [0.1, 0.15) is 5.56 Å². The number of nitrogens with zero attached hydrogens (tertiary/aromatic N) is 4. The molecule has 7 heteroatoms. The van der Waals surface area contributed by atoms with Crippen LogP contribution < -0.4 is 5.32 Å². The molecular formula is C11H13N5O2. The Morgan fingerprint density at radius 1 is 1.39 bits per heavy atom. The zero-order chi connectivity index (χ0) is 13.0. The molecule has 0 aliphatic heterocycles. The van der Waals surface area contributed by atoms with E-state index in [0.29, 0.717) is 18.8 Å². The van der Waals surface area contributed by atoms with Gasteiger partial charge in [0.05, 0.1) is 7.05 Å². The number of nitrogens with one attached hydrogen (secondary N) is 1. The summed E-state index contributed by atoms with van der Waals surface area (Å²) >= 11 is 0. The van der Waals surface area contributed by atoms with Gasteiger partial charge in [0.2, 0.25) is 5.82 Å². The van der Waals surface area contributed by atoms with E-state index >= 15 is 0 Å². The minimum absolute atomic E-state index is 0.401. The molecule has 1 aromatic heterocycles.